The van der Waals surface area contributed by atoms with Crippen LogP contribution in [0.5, 0.6) is 0 Å². The van der Waals surface area contributed by atoms with Crippen molar-refractivity contribution in [2.75, 3.05) is 29.5 Å². The molecule has 0 aliphatic rings. The van der Waals surface area contributed by atoms with Crippen molar-refractivity contribution in [2.45, 2.75) is 32.9 Å². The molecule has 3 rings (SSSR count). The summed E-state index contributed by atoms with van der Waals surface area (Å²) in [6, 6.07) is 8.91. The summed E-state index contributed by atoms with van der Waals surface area (Å²) in [6.07, 6.45) is 4.33. The molecule has 12 heteroatoms. The van der Waals surface area contributed by atoms with E-state index in [1.54, 1.807) is 41.0 Å². The van der Waals surface area contributed by atoms with E-state index < -0.39 is 10.9 Å². The van der Waals surface area contributed by atoms with E-state index in [0.29, 0.717) is 11.5 Å². The molecule has 0 radical (unpaired) electrons. The molecule has 0 fully saturated rings. The number of carbonyl (C=O) groups is 1. The van der Waals surface area contributed by atoms with Crippen molar-refractivity contribution in [2.24, 2.45) is 0 Å². The van der Waals surface area contributed by atoms with Crippen molar-refractivity contribution in [1.82, 2.24) is 9.97 Å². The lowest BCUT2D eigenvalue weighted by Gasteiger charge is -2.25. The first-order valence-electron chi connectivity index (χ1n) is 10.6. The van der Waals surface area contributed by atoms with Gasteiger partial charge < -0.3 is 23.4 Å². The molecule has 0 aliphatic carbocycles. The Kier molecular flexibility index (Phi) is 8.56. The third-order valence-corrected chi connectivity index (χ3v) is 4.80. The van der Waals surface area contributed by atoms with Crippen molar-refractivity contribution in [3.05, 3.63) is 64.8 Å². The summed E-state index contributed by atoms with van der Waals surface area (Å²) in [6.45, 7) is 2.54. The molecule has 3 aromatic rings. The Labute approximate surface area is 195 Å². The molecule has 0 saturated heterocycles. The number of nitrogens with zero attached hydrogens (tertiary/aromatic N) is 6. The average Bonchev–Trinajstić information content (AvgIpc) is 3.53. The van der Waals surface area contributed by atoms with Gasteiger partial charge >= 0.3 is 11.7 Å². The van der Waals surface area contributed by atoms with Crippen LogP contribution in [0.25, 0.3) is 0 Å². The van der Waals surface area contributed by atoms with Gasteiger partial charge in [-0.15, -0.1) is 0 Å². The first-order valence-corrected chi connectivity index (χ1v) is 10.6. The number of nitro groups is 1. The molecular weight excluding hydrogens is 444 g/mol. The second-order valence-corrected chi connectivity index (χ2v) is 7.09. The van der Waals surface area contributed by atoms with Crippen molar-refractivity contribution in [1.29, 1.82) is 5.26 Å². The number of aromatic nitrogens is 2. The molecule has 0 spiro atoms. The van der Waals surface area contributed by atoms with Gasteiger partial charge in [-0.05, 0) is 31.2 Å². The standard InChI is InChI=1S/C22H24N6O6/c1-2-32-19(29)8-11-27(15-18-7-4-13-34-18)22-20(28(30)31)21(24-16-25-22)26(10-5-9-23)14-17-6-3-12-33-17/h3-4,6-7,12-13,16H,2,5,8,10-11,14-15H2,1H3. The lowest BCUT2D eigenvalue weighted by atomic mass is 10.2. The van der Waals surface area contributed by atoms with Crippen LogP contribution in [-0.2, 0) is 22.6 Å². The highest BCUT2D eigenvalue weighted by Crippen LogP contribution is 2.36. The van der Waals surface area contributed by atoms with E-state index >= 15 is 0 Å². The minimum Gasteiger partial charge on any atom is -0.467 e. The summed E-state index contributed by atoms with van der Waals surface area (Å²) < 4.78 is 15.8. The second-order valence-electron chi connectivity index (χ2n) is 7.09. The number of rotatable bonds is 13. The fourth-order valence-electron chi connectivity index (χ4n) is 3.33. The molecular formula is C22H24N6O6. The lowest BCUT2D eigenvalue weighted by Crippen LogP contribution is -2.30. The van der Waals surface area contributed by atoms with E-state index in [1.807, 2.05) is 6.07 Å². The monoisotopic (exact) mass is 468 g/mol. The predicted molar refractivity (Wildman–Crippen MR) is 120 cm³/mol. The number of carbonyl (C=O) groups excluding carboxylic acids is 1. The Hall–Kier alpha value is -4.40. The maximum absolute atomic E-state index is 12.2. The Morgan fingerprint density at radius 2 is 1.71 bits per heavy atom. The second kappa shape index (κ2) is 12.0. The maximum Gasteiger partial charge on any atom is 0.353 e. The highest BCUT2D eigenvalue weighted by atomic mass is 16.6. The molecule has 0 bridgehead atoms. The number of nitriles is 1. The molecule has 12 nitrogen and oxygen atoms in total. The Morgan fingerprint density at radius 1 is 1.12 bits per heavy atom. The zero-order valence-electron chi connectivity index (χ0n) is 18.6. The van der Waals surface area contributed by atoms with E-state index in [9.17, 15) is 14.9 Å². The van der Waals surface area contributed by atoms with Crippen LogP contribution < -0.4 is 9.80 Å². The van der Waals surface area contributed by atoms with Gasteiger partial charge in [0.15, 0.2) is 0 Å². The number of hydrogen-bond acceptors (Lipinski definition) is 11. The highest BCUT2D eigenvalue weighted by molar-refractivity contribution is 5.73. The number of anilines is 2. The van der Waals surface area contributed by atoms with Gasteiger partial charge in [0.2, 0.25) is 11.6 Å². The third-order valence-electron chi connectivity index (χ3n) is 4.80. The van der Waals surface area contributed by atoms with Crippen LogP contribution in [0.2, 0.25) is 0 Å². The normalized spacial score (nSPS) is 10.5. The molecule has 0 unspecified atom stereocenters. The van der Waals surface area contributed by atoms with E-state index in [2.05, 4.69) is 9.97 Å². The van der Waals surface area contributed by atoms with Crippen LogP contribution in [0.3, 0.4) is 0 Å². The van der Waals surface area contributed by atoms with Crippen LogP contribution >= 0.6 is 0 Å². The van der Waals surface area contributed by atoms with Gasteiger partial charge in [0.25, 0.3) is 0 Å². The summed E-state index contributed by atoms with van der Waals surface area (Å²) in [7, 11) is 0. The highest BCUT2D eigenvalue weighted by Gasteiger charge is 2.31. The van der Waals surface area contributed by atoms with Gasteiger partial charge in [0, 0.05) is 13.1 Å². The fourth-order valence-corrected chi connectivity index (χ4v) is 3.33. The summed E-state index contributed by atoms with van der Waals surface area (Å²) in [4.78, 5) is 35.2. The third kappa shape index (κ3) is 6.32. The Morgan fingerprint density at radius 3 is 2.18 bits per heavy atom. The summed E-state index contributed by atoms with van der Waals surface area (Å²) in [5.41, 5.74) is -0.345. The first-order chi connectivity index (χ1) is 16.5. The minimum absolute atomic E-state index is 0.00438. The topological polar surface area (TPSA) is 152 Å². The van der Waals surface area contributed by atoms with Crippen molar-refractivity contribution < 1.29 is 23.3 Å². The number of ether oxygens (including phenoxy) is 1. The average molecular weight is 468 g/mol. The summed E-state index contributed by atoms with van der Waals surface area (Å²) >= 11 is 0. The van der Waals surface area contributed by atoms with Crippen LogP contribution in [0.4, 0.5) is 17.3 Å². The van der Waals surface area contributed by atoms with Gasteiger partial charge in [0.1, 0.15) is 17.8 Å². The number of esters is 1. The fraction of sp³-hybridized carbons (Fsp3) is 0.364. The zero-order valence-corrected chi connectivity index (χ0v) is 18.6. The van der Waals surface area contributed by atoms with Gasteiger partial charge in [-0.25, -0.2) is 9.97 Å². The summed E-state index contributed by atoms with van der Waals surface area (Å²) in [5.74, 6) is 0.731. The molecule has 3 aromatic heterocycles. The number of furan rings is 2. The smallest absolute Gasteiger partial charge is 0.353 e. The minimum atomic E-state index is -0.564. The molecule has 0 N–H and O–H groups in total. The van der Waals surface area contributed by atoms with Crippen molar-refractivity contribution in [3.8, 4) is 6.07 Å². The van der Waals surface area contributed by atoms with Gasteiger partial charge in [-0.2, -0.15) is 5.26 Å². The van der Waals surface area contributed by atoms with Gasteiger partial charge in [-0.1, -0.05) is 0 Å². The van der Waals surface area contributed by atoms with E-state index in [-0.39, 0.29) is 63.0 Å². The molecule has 3 heterocycles. The molecule has 0 atom stereocenters. The van der Waals surface area contributed by atoms with Crippen molar-refractivity contribution in [3.63, 3.8) is 0 Å². The van der Waals surface area contributed by atoms with Gasteiger partial charge in [0.05, 0.1) is 56.1 Å². The Balaban J connectivity index is 2.01. The molecule has 0 aromatic carbocycles. The quantitative estimate of drug-likeness (QED) is 0.206. The predicted octanol–water partition coefficient (Wildman–Crippen LogP) is 3.45. The van der Waals surface area contributed by atoms with Crippen molar-refractivity contribution >= 4 is 23.3 Å². The molecule has 0 amide bonds. The Bertz CT molecular complexity index is 1110. The van der Waals surface area contributed by atoms with E-state index in [0.717, 1.165) is 0 Å². The molecule has 34 heavy (non-hydrogen) atoms. The number of hydrogen-bond donors (Lipinski definition) is 0. The van der Waals surface area contributed by atoms with Gasteiger partial charge in [-0.3, -0.25) is 14.9 Å². The first kappa shape index (κ1) is 24.2. The van der Waals surface area contributed by atoms with Crippen LogP contribution in [0, 0.1) is 21.4 Å². The molecule has 0 saturated carbocycles. The van der Waals surface area contributed by atoms with Crippen LogP contribution in [-0.4, -0.2) is 40.6 Å². The van der Waals surface area contributed by atoms with Crippen LogP contribution in [0.15, 0.2) is 52.0 Å². The summed E-state index contributed by atoms with van der Waals surface area (Å²) in [5, 5.41) is 21.3. The molecule has 0 aliphatic heterocycles. The van der Waals surface area contributed by atoms with E-state index in [4.69, 9.17) is 18.8 Å². The van der Waals surface area contributed by atoms with Crippen LogP contribution in [0.1, 0.15) is 31.3 Å². The largest absolute Gasteiger partial charge is 0.467 e. The lowest BCUT2D eigenvalue weighted by molar-refractivity contribution is -0.383. The maximum atomic E-state index is 12.2. The zero-order chi connectivity index (χ0) is 24.3. The van der Waals surface area contributed by atoms with E-state index in [1.165, 1.54) is 18.9 Å². The SMILES string of the molecule is CCOC(=O)CCN(Cc1ccco1)c1ncnc(N(CCC#N)Cc2ccco2)c1[N+](=O)[O-]. The molecule has 178 valence electrons.